The van der Waals surface area contributed by atoms with E-state index >= 15 is 0 Å². The molecule has 0 aliphatic heterocycles. The minimum absolute atomic E-state index is 0.0457. The van der Waals surface area contributed by atoms with Gasteiger partial charge in [-0.2, -0.15) is 0 Å². The van der Waals surface area contributed by atoms with Gasteiger partial charge in [-0.05, 0) is 64.9 Å². The Labute approximate surface area is 195 Å². The molecule has 166 valence electrons. The van der Waals surface area contributed by atoms with Crippen LogP contribution in [0.2, 0.25) is 0 Å². The molecule has 0 bridgehead atoms. The highest BCUT2D eigenvalue weighted by atomic mass is 16.5. The van der Waals surface area contributed by atoms with Crippen LogP contribution in [0.25, 0.3) is 0 Å². The van der Waals surface area contributed by atoms with Gasteiger partial charge in [-0.1, -0.05) is 78.9 Å². The van der Waals surface area contributed by atoms with Crippen molar-refractivity contribution in [3.63, 3.8) is 0 Å². The molecule has 33 heavy (non-hydrogen) atoms. The van der Waals surface area contributed by atoms with Crippen molar-refractivity contribution in [2.75, 3.05) is 7.11 Å². The Bertz CT molecular complexity index is 1200. The van der Waals surface area contributed by atoms with Crippen LogP contribution in [0.1, 0.15) is 40.2 Å². The predicted molar refractivity (Wildman–Crippen MR) is 131 cm³/mol. The Kier molecular flexibility index (Phi) is 5.89. The van der Waals surface area contributed by atoms with Crippen LogP contribution in [0.5, 0.6) is 11.5 Å². The van der Waals surface area contributed by atoms with Crippen LogP contribution in [-0.4, -0.2) is 12.2 Å². The molecule has 1 N–H and O–H groups in total. The van der Waals surface area contributed by atoms with Gasteiger partial charge < -0.3 is 14.6 Å². The van der Waals surface area contributed by atoms with Crippen LogP contribution in [0.3, 0.4) is 0 Å². The third-order valence-corrected chi connectivity index (χ3v) is 6.67. The van der Waals surface area contributed by atoms with Gasteiger partial charge in [0.15, 0.2) is 0 Å². The van der Waals surface area contributed by atoms with Crippen LogP contribution in [0, 0.1) is 0 Å². The molecule has 3 nitrogen and oxygen atoms in total. The van der Waals surface area contributed by atoms with E-state index < -0.39 is 5.60 Å². The van der Waals surface area contributed by atoms with Gasteiger partial charge in [0.2, 0.25) is 0 Å². The maximum Gasteiger partial charge on any atom is 0.122 e. The smallest absolute Gasteiger partial charge is 0.122 e. The fourth-order valence-corrected chi connectivity index (χ4v) is 4.97. The van der Waals surface area contributed by atoms with Gasteiger partial charge in [-0.15, -0.1) is 0 Å². The number of fused-ring (bicyclic) bond motifs is 1. The number of hydrogen-bond donors (Lipinski definition) is 1. The van der Waals surface area contributed by atoms with Gasteiger partial charge in [0.1, 0.15) is 23.7 Å². The molecule has 1 aliphatic rings. The average Bonchev–Trinajstić information content (AvgIpc) is 2.89. The molecule has 0 spiro atoms. The number of methoxy groups -OCH3 is 1. The first-order valence-electron chi connectivity index (χ1n) is 11.4. The Morgan fingerprint density at radius 1 is 0.818 bits per heavy atom. The van der Waals surface area contributed by atoms with Crippen molar-refractivity contribution < 1.29 is 14.6 Å². The third-order valence-electron chi connectivity index (χ3n) is 6.67. The number of rotatable bonds is 6. The summed E-state index contributed by atoms with van der Waals surface area (Å²) in [7, 11) is 1.68. The monoisotopic (exact) mass is 436 g/mol. The lowest BCUT2D eigenvalue weighted by molar-refractivity contribution is 0.0383. The van der Waals surface area contributed by atoms with Crippen molar-refractivity contribution in [2.45, 2.75) is 31.0 Å². The summed E-state index contributed by atoms with van der Waals surface area (Å²) in [4.78, 5) is 0. The highest BCUT2D eigenvalue weighted by Crippen LogP contribution is 2.50. The first kappa shape index (κ1) is 21.3. The largest absolute Gasteiger partial charge is 0.497 e. The van der Waals surface area contributed by atoms with Crippen molar-refractivity contribution in [1.29, 1.82) is 0 Å². The second-order valence-corrected chi connectivity index (χ2v) is 8.59. The number of aliphatic hydroxyl groups is 1. The number of aryl methyl sites for hydroxylation is 1. The molecule has 4 aromatic carbocycles. The van der Waals surface area contributed by atoms with Gasteiger partial charge in [-0.3, -0.25) is 0 Å². The van der Waals surface area contributed by atoms with E-state index in [9.17, 15) is 5.11 Å². The molecule has 0 fully saturated rings. The summed E-state index contributed by atoms with van der Waals surface area (Å²) < 4.78 is 11.4. The summed E-state index contributed by atoms with van der Waals surface area (Å²) >= 11 is 0. The summed E-state index contributed by atoms with van der Waals surface area (Å²) in [5.74, 6) is 1.56. The molecule has 0 saturated heterocycles. The van der Waals surface area contributed by atoms with Gasteiger partial charge in [0.25, 0.3) is 0 Å². The van der Waals surface area contributed by atoms with Crippen LogP contribution >= 0.6 is 0 Å². The van der Waals surface area contributed by atoms with Crippen molar-refractivity contribution in [2.24, 2.45) is 0 Å². The van der Waals surface area contributed by atoms with Crippen molar-refractivity contribution >= 4 is 0 Å². The number of ether oxygens (including phenoxy) is 2. The highest BCUT2D eigenvalue weighted by Gasteiger charge is 2.45. The van der Waals surface area contributed by atoms with E-state index in [1.807, 2.05) is 72.8 Å². The lowest BCUT2D eigenvalue weighted by atomic mass is 9.66. The zero-order valence-corrected chi connectivity index (χ0v) is 18.8. The van der Waals surface area contributed by atoms with E-state index in [0.29, 0.717) is 6.61 Å². The summed E-state index contributed by atoms with van der Waals surface area (Å²) in [6.07, 6.45) is 1.75. The highest BCUT2D eigenvalue weighted by molar-refractivity contribution is 5.51. The van der Waals surface area contributed by atoms with Crippen molar-refractivity contribution in [3.8, 4) is 11.5 Å². The average molecular weight is 437 g/mol. The molecular weight excluding hydrogens is 408 g/mol. The topological polar surface area (TPSA) is 38.7 Å². The summed E-state index contributed by atoms with van der Waals surface area (Å²) in [5.41, 5.74) is 4.08. The van der Waals surface area contributed by atoms with E-state index in [4.69, 9.17) is 9.47 Å². The molecule has 0 saturated carbocycles. The van der Waals surface area contributed by atoms with Crippen LogP contribution in [0.15, 0.2) is 103 Å². The Morgan fingerprint density at radius 2 is 1.48 bits per heavy atom. The van der Waals surface area contributed by atoms with Crippen molar-refractivity contribution in [3.05, 3.63) is 131 Å². The maximum absolute atomic E-state index is 12.4. The fraction of sp³-hybridized carbons (Fsp3) is 0.200. The molecule has 2 atom stereocenters. The first-order chi connectivity index (χ1) is 16.2. The van der Waals surface area contributed by atoms with Crippen LogP contribution in [0.4, 0.5) is 0 Å². The van der Waals surface area contributed by atoms with Crippen LogP contribution in [-0.2, 0) is 18.6 Å². The van der Waals surface area contributed by atoms with E-state index in [-0.39, 0.29) is 5.92 Å². The Balaban J connectivity index is 1.51. The van der Waals surface area contributed by atoms with E-state index in [2.05, 4.69) is 30.3 Å². The first-order valence-corrected chi connectivity index (χ1v) is 11.4. The van der Waals surface area contributed by atoms with E-state index in [1.54, 1.807) is 7.11 Å². The number of hydrogen-bond acceptors (Lipinski definition) is 3. The lowest BCUT2D eigenvalue weighted by Crippen LogP contribution is -2.39. The van der Waals surface area contributed by atoms with E-state index in [1.165, 1.54) is 0 Å². The standard InChI is InChI=1S/C30H28O3/c1-32-27-17-19-29-24(20-27)12-18-28(23-10-6-3-7-11-23)30(29,31)25-13-15-26(16-14-25)33-21-22-8-4-2-5-9-22/h2-11,13-17,19-20,28,31H,12,18,21H2,1H3. The molecule has 0 radical (unpaired) electrons. The molecule has 0 heterocycles. The second kappa shape index (κ2) is 9.13. The van der Waals surface area contributed by atoms with Crippen molar-refractivity contribution in [1.82, 2.24) is 0 Å². The summed E-state index contributed by atoms with van der Waals surface area (Å²) in [6, 6.07) is 34.4. The molecule has 3 heteroatoms. The summed E-state index contributed by atoms with van der Waals surface area (Å²) in [5, 5.41) is 12.4. The molecule has 0 amide bonds. The molecule has 5 rings (SSSR count). The molecule has 4 aromatic rings. The van der Waals surface area contributed by atoms with Gasteiger partial charge >= 0.3 is 0 Å². The molecule has 1 aliphatic carbocycles. The minimum atomic E-state index is -1.14. The molecular formula is C30H28O3. The second-order valence-electron chi connectivity index (χ2n) is 8.59. The van der Waals surface area contributed by atoms with Gasteiger partial charge in [-0.25, -0.2) is 0 Å². The van der Waals surface area contributed by atoms with E-state index in [0.717, 1.165) is 52.2 Å². The normalized spacial score (nSPS) is 19.5. The zero-order chi connectivity index (χ0) is 22.7. The summed E-state index contributed by atoms with van der Waals surface area (Å²) in [6.45, 7) is 0.514. The lowest BCUT2D eigenvalue weighted by Gasteiger charge is -2.42. The molecule has 0 aromatic heterocycles. The predicted octanol–water partition coefficient (Wildman–Crippen LogP) is 6.24. The Hall–Kier alpha value is -3.56. The minimum Gasteiger partial charge on any atom is -0.497 e. The Morgan fingerprint density at radius 3 is 2.18 bits per heavy atom. The SMILES string of the molecule is COc1ccc2c(c1)CCC(c1ccccc1)C2(O)c1ccc(OCc2ccccc2)cc1. The maximum atomic E-state index is 12.4. The third kappa shape index (κ3) is 4.12. The molecule has 2 unspecified atom stereocenters. The van der Waals surface area contributed by atoms with Crippen LogP contribution < -0.4 is 9.47 Å². The number of benzene rings is 4. The fourth-order valence-electron chi connectivity index (χ4n) is 4.97. The van der Waals surface area contributed by atoms with Gasteiger partial charge in [0, 0.05) is 5.92 Å². The zero-order valence-electron chi connectivity index (χ0n) is 18.8. The quantitative estimate of drug-likeness (QED) is 0.389. The van der Waals surface area contributed by atoms with Gasteiger partial charge in [0.05, 0.1) is 7.11 Å².